The van der Waals surface area contributed by atoms with Crippen LogP contribution in [0.5, 0.6) is 0 Å². The molecule has 0 amide bonds. The fourth-order valence-electron chi connectivity index (χ4n) is 0.994. The average molecular weight is 249 g/mol. The molecule has 0 unspecified atom stereocenters. The first-order chi connectivity index (χ1) is 5.70. The maximum Gasteiger partial charge on any atom is 0.145 e. The molecule has 1 aromatic heterocycles. The van der Waals surface area contributed by atoms with Crippen molar-refractivity contribution >= 4 is 38.4 Å². The van der Waals surface area contributed by atoms with Gasteiger partial charge in [-0.15, -0.1) is 0 Å². The molecular weight excluding hydrogens is 246 g/mol. The minimum absolute atomic E-state index is 0.0869. The zero-order valence-electron chi connectivity index (χ0n) is 5.74. The van der Waals surface area contributed by atoms with Crippen molar-refractivity contribution in [2.75, 3.05) is 0 Å². The fraction of sp³-hybridized carbons (Fsp3) is 0. The van der Waals surface area contributed by atoms with Gasteiger partial charge in [0.05, 0.1) is 21.2 Å². The SMILES string of the molecule is Fc1cc2[nH]ncc2c(Br)c1Cl. The number of hydrogen-bond donors (Lipinski definition) is 1. The van der Waals surface area contributed by atoms with Crippen molar-refractivity contribution in [3.8, 4) is 0 Å². The summed E-state index contributed by atoms with van der Waals surface area (Å²) < 4.78 is 13.5. The molecule has 0 aliphatic heterocycles. The Labute approximate surface area is 80.8 Å². The predicted molar refractivity (Wildman–Crippen MR) is 48.8 cm³/mol. The van der Waals surface area contributed by atoms with Gasteiger partial charge in [0.15, 0.2) is 0 Å². The van der Waals surface area contributed by atoms with E-state index in [2.05, 4.69) is 26.1 Å². The molecule has 62 valence electrons. The third-order valence-electron chi connectivity index (χ3n) is 1.58. The van der Waals surface area contributed by atoms with Gasteiger partial charge in [0.1, 0.15) is 5.82 Å². The minimum atomic E-state index is -0.458. The van der Waals surface area contributed by atoms with Crippen molar-refractivity contribution < 1.29 is 4.39 Å². The predicted octanol–water partition coefficient (Wildman–Crippen LogP) is 3.12. The van der Waals surface area contributed by atoms with Crippen LogP contribution < -0.4 is 0 Å². The van der Waals surface area contributed by atoms with E-state index < -0.39 is 5.82 Å². The number of rotatable bonds is 0. The van der Waals surface area contributed by atoms with Gasteiger partial charge in [0.25, 0.3) is 0 Å². The van der Waals surface area contributed by atoms with Gasteiger partial charge in [-0.2, -0.15) is 5.10 Å². The van der Waals surface area contributed by atoms with Crippen LogP contribution in [0.1, 0.15) is 0 Å². The van der Waals surface area contributed by atoms with Gasteiger partial charge < -0.3 is 0 Å². The van der Waals surface area contributed by atoms with Crippen LogP contribution in [0.4, 0.5) is 4.39 Å². The maximum atomic E-state index is 13.0. The molecule has 0 aliphatic rings. The van der Waals surface area contributed by atoms with Crippen molar-refractivity contribution in [1.29, 1.82) is 0 Å². The minimum Gasteiger partial charge on any atom is -0.278 e. The van der Waals surface area contributed by atoms with Crippen LogP contribution in [0.2, 0.25) is 5.02 Å². The Bertz CT molecular complexity index is 440. The highest BCUT2D eigenvalue weighted by Crippen LogP contribution is 2.32. The largest absolute Gasteiger partial charge is 0.278 e. The number of aromatic amines is 1. The van der Waals surface area contributed by atoms with E-state index in [4.69, 9.17) is 11.6 Å². The summed E-state index contributed by atoms with van der Waals surface area (Å²) in [6.45, 7) is 0. The van der Waals surface area contributed by atoms with E-state index in [1.54, 1.807) is 6.20 Å². The van der Waals surface area contributed by atoms with Crippen LogP contribution in [-0.4, -0.2) is 10.2 Å². The molecule has 5 heteroatoms. The summed E-state index contributed by atoms with van der Waals surface area (Å²) >= 11 is 8.83. The third kappa shape index (κ3) is 1.03. The number of nitrogens with zero attached hydrogens (tertiary/aromatic N) is 1. The Balaban J connectivity index is 2.94. The summed E-state index contributed by atoms with van der Waals surface area (Å²) in [4.78, 5) is 0. The molecule has 2 aromatic rings. The molecule has 0 spiro atoms. The molecule has 1 heterocycles. The van der Waals surface area contributed by atoms with Gasteiger partial charge in [-0.3, -0.25) is 5.10 Å². The van der Waals surface area contributed by atoms with E-state index in [1.807, 2.05) is 0 Å². The van der Waals surface area contributed by atoms with Gasteiger partial charge in [-0.1, -0.05) is 11.6 Å². The van der Waals surface area contributed by atoms with Gasteiger partial charge in [0, 0.05) is 11.5 Å². The van der Waals surface area contributed by atoms with Crippen LogP contribution >= 0.6 is 27.5 Å². The molecule has 0 radical (unpaired) electrons. The number of benzene rings is 1. The summed E-state index contributed by atoms with van der Waals surface area (Å²) in [6.07, 6.45) is 1.59. The summed E-state index contributed by atoms with van der Waals surface area (Å²) in [5, 5.41) is 7.28. The smallest absolute Gasteiger partial charge is 0.145 e. The number of fused-ring (bicyclic) bond motifs is 1. The lowest BCUT2D eigenvalue weighted by Crippen LogP contribution is -1.79. The molecule has 0 bridgehead atoms. The van der Waals surface area contributed by atoms with E-state index in [-0.39, 0.29) is 5.02 Å². The van der Waals surface area contributed by atoms with Crippen LogP contribution in [0.15, 0.2) is 16.7 Å². The normalized spacial score (nSPS) is 10.9. The lowest BCUT2D eigenvalue weighted by atomic mass is 10.2. The molecule has 2 nitrogen and oxygen atoms in total. The molecule has 0 aliphatic carbocycles. The van der Waals surface area contributed by atoms with Gasteiger partial charge in [-0.05, 0) is 15.9 Å². The Hall–Kier alpha value is -0.610. The van der Waals surface area contributed by atoms with Gasteiger partial charge >= 0.3 is 0 Å². The molecule has 0 saturated carbocycles. The molecule has 1 aromatic carbocycles. The number of H-pyrrole nitrogens is 1. The van der Waals surface area contributed by atoms with E-state index >= 15 is 0 Å². The van der Waals surface area contributed by atoms with Crippen LogP contribution in [0.25, 0.3) is 10.9 Å². The van der Waals surface area contributed by atoms with Gasteiger partial charge in [0.2, 0.25) is 0 Å². The standard InChI is InChI=1S/C7H3BrClFN2/c8-6-3-2-11-12-5(3)1-4(10)7(6)9/h1-2H,(H,11,12). The quantitative estimate of drug-likeness (QED) is 0.714. The molecule has 0 atom stereocenters. The summed E-state index contributed by atoms with van der Waals surface area (Å²) in [5.41, 5.74) is 0.628. The maximum absolute atomic E-state index is 13.0. The molecule has 1 N–H and O–H groups in total. The number of aromatic nitrogens is 2. The highest BCUT2D eigenvalue weighted by molar-refractivity contribution is 9.10. The van der Waals surface area contributed by atoms with E-state index in [1.165, 1.54) is 6.07 Å². The molecule has 12 heavy (non-hydrogen) atoms. The lowest BCUT2D eigenvalue weighted by Gasteiger charge is -1.97. The van der Waals surface area contributed by atoms with E-state index in [0.717, 1.165) is 5.39 Å². The van der Waals surface area contributed by atoms with E-state index in [9.17, 15) is 4.39 Å². The summed E-state index contributed by atoms with van der Waals surface area (Å²) in [7, 11) is 0. The van der Waals surface area contributed by atoms with Crippen molar-refractivity contribution in [2.45, 2.75) is 0 Å². The van der Waals surface area contributed by atoms with Crippen molar-refractivity contribution in [3.63, 3.8) is 0 Å². The second-order valence-corrected chi connectivity index (χ2v) is 3.49. The van der Waals surface area contributed by atoms with E-state index in [0.29, 0.717) is 9.99 Å². The van der Waals surface area contributed by atoms with Crippen molar-refractivity contribution in [3.05, 3.63) is 27.6 Å². The molecular formula is C7H3BrClFN2. The lowest BCUT2D eigenvalue weighted by molar-refractivity contribution is 0.629. The zero-order valence-corrected chi connectivity index (χ0v) is 8.08. The monoisotopic (exact) mass is 248 g/mol. The topological polar surface area (TPSA) is 28.7 Å². The average Bonchev–Trinajstić information content (AvgIpc) is 2.48. The Morgan fingerprint density at radius 3 is 3.08 bits per heavy atom. The molecule has 2 rings (SSSR count). The number of hydrogen-bond acceptors (Lipinski definition) is 1. The molecule has 0 fully saturated rings. The number of nitrogens with one attached hydrogen (secondary N) is 1. The van der Waals surface area contributed by atoms with Crippen LogP contribution in [0, 0.1) is 5.82 Å². The summed E-state index contributed by atoms with van der Waals surface area (Å²) in [5.74, 6) is -0.458. The van der Waals surface area contributed by atoms with Crippen molar-refractivity contribution in [1.82, 2.24) is 10.2 Å². The fourth-order valence-corrected chi connectivity index (χ4v) is 1.66. The second-order valence-electron chi connectivity index (χ2n) is 2.32. The zero-order chi connectivity index (χ0) is 8.72. The first-order valence-corrected chi connectivity index (χ1v) is 4.34. The Morgan fingerprint density at radius 1 is 1.58 bits per heavy atom. The highest BCUT2D eigenvalue weighted by atomic mass is 79.9. The van der Waals surface area contributed by atoms with Gasteiger partial charge in [-0.25, -0.2) is 4.39 Å². The summed E-state index contributed by atoms with van der Waals surface area (Å²) in [6, 6.07) is 1.31. The third-order valence-corrected chi connectivity index (χ3v) is 3.00. The first kappa shape index (κ1) is 8.01. The Kier molecular flexibility index (Phi) is 1.81. The first-order valence-electron chi connectivity index (χ1n) is 3.16. The second kappa shape index (κ2) is 2.71. The molecule has 0 saturated heterocycles. The number of halogens is 3. The van der Waals surface area contributed by atoms with Crippen LogP contribution in [0.3, 0.4) is 0 Å². The Morgan fingerprint density at radius 2 is 2.33 bits per heavy atom. The highest BCUT2D eigenvalue weighted by Gasteiger charge is 2.10. The van der Waals surface area contributed by atoms with Crippen LogP contribution in [-0.2, 0) is 0 Å². The van der Waals surface area contributed by atoms with Crippen molar-refractivity contribution in [2.24, 2.45) is 0 Å².